The predicted molar refractivity (Wildman–Crippen MR) is 63.8 cm³/mol. The van der Waals surface area contributed by atoms with Crippen molar-refractivity contribution in [3.8, 4) is 0 Å². The van der Waals surface area contributed by atoms with E-state index in [2.05, 4.69) is 5.10 Å². The summed E-state index contributed by atoms with van der Waals surface area (Å²) in [6.45, 7) is 3.91. The first-order valence-corrected chi connectivity index (χ1v) is 6.70. The van der Waals surface area contributed by atoms with Gasteiger partial charge in [-0.25, -0.2) is 8.42 Å². The molecule has 0 fully saturated rings. The highest BCUT2D eigenvalue weighted by Gasteiger charge is 2.26. The van der Waals surface area contributed by atoms with E-state index in [1.807, 2.05) is 6.92 Å². The van der Waals surface area contributed by atoms with Gasteiger partial charge in [0.15, 0.2) is 5.82 Å². The van der Waals surface area contributed by atoms with E-state index in [4.69, 9.17) is 5.73 Å². The topological polar surface area (TPSA) is 101 Å². The van der Waals surface area contributed by atoms with Crippen LogP contribution < -0.4 is 5.73 Å². The van der Waals surface area contributed by atoms with E-state index in [1.54, 1.807) is 0 Å². The van der Waals surface area contributed by atoms with Crippen molar-refractivity contribution in [2.45, 2.75) is 31.4 Å². The minimum absolute atomic E-state index is 0.0130. The quantitative estimate of drug-likeness (QED) is 0.744. The molecule has 1 atom stereocenters. The molecule has 0 spiro atoms. The van der Waals surface area contributed by atoms with Gasteiger partial charge in [0, 0.05) is 26.3 Å². The molecular weight excluding hydrogens is 244 g/mol. The highest BCUT2D eigenvalue weighted by Crippen LogP contribution is 2.20. The molecule has 0 aromatic carbocycles. The molecule has 0 radical (unpaired) electrons. The molecule has 0 amide bonds. The molecule has 0 aliphatic carbocycles. The van der Waals surface area contributed by atoms with Crippen LogP contribution in [-0.2, 0) is 16.6 Å². The molecule has 1 aromatic heterocycles. The standard InChI is InChI=1S/C9H18N4O3S/c1-4-13-6-8(9(10)11-13)17(15,16)12(3)5-7(2)14/h6-7,14H,4-5H2,1-3H3,(H2,10,11). The van der Waals surface area contributed by atoms with Gasteiger partial charge in [-0.05, 0) is 13.8 Å². The molecule has 8 heteroatoms. The van der Waals surface area contributed by atoms with Gasteiger partial charge in [-0.15, -0.1) is 0 Å². The van der Waals surface area contributed by atoms with Gasteiger partial charge in [-0.3, -0.25) is 4.68 Å². The number of aliphatic hydroxyl groups is 1. The van der Waals surface area contributed by atoms with E-state index in [-0.39, 0.29) is 17.3 Å². The van der Waals surface area contributed by atoms with Crippen LogP contribution in [0.1, 0.15) is 13.8 Å². The summed E-state index contributed by atoms with van der Waals surface area (Å²) < 4.78 is 26.7. The number of nitrogen functional groups attached to an aromatic ring is 1. The van der Waals surface area contributed by atoms with E-state index >= 15 is 0 Å². The summed E-state index contributed by atoms with van der Waals surface area (Å²) in [4.78, 5) is -0.0255. The van der Waals surface area contributed by atoms with Crippen LogP contribution >= 0.6 is 0 Å². The van der Waals surface area contributed by atoms with Crippen LogP contribution in [0.2, 0.25) is 0 Å². The molecule has 1 aromatic rings. The molecule has 1 rings (SSSR count). The Labute approximate surface area is 101 Å². The molecule has 98 valence electrons. The molecule has 0 saturated carbocycles. The Morgan fingerprint density at radius 2 is 2.24 bits per heavy atom. The summed E-state index contributed by atoms with van der Waals surface area (Å²) in [7, 11) is -2.30. The molecule has 0 aliphatic rings. The summed E-state index contributed by atoms with van der Waals surface area (Å²) in [6, 6.07) is 0. The van der Waals surface area contributed by atoms with Crippen LogP contribution in [-0.4, -0.2) is 47.3 Å². The number of rotatable bonds is 5. The van der Waals surface area contributed by atoms with Gasteiger partial charge in [0.1, 0.15) is 4.90 Å². The molecule has 1 heterocycles. The van der Waals surface area contributed by atoms with Gasteiger partial charge >= 0.3 is 0 Å². The first-order valence-electron chi connectivity index (χ1n) is 5.26. The Bertz CT molecular complexity index is 480. The molecule has 7 nitrogen and oxygen atoms in total. The first kappa shape index (κ1) is 13.9. The van der Waals surface area contributed by atoms with Crippen molar-refractivity contribution < 1.29 is 13.5 Å². The molecular formula is C9H18N4O3S. The lowest BCUT2D eigenvalue weighted by Crippen LogP contribution is -2.33. The maximum Gasteiger partial charge on any atom is 0.248 e. The highest BCUT2D eigenvalue weighted by molar-refractivity contribution is 7.89. The summed E-state index contributed by atoms with van der Waals surface area (Å²) in [5.74, 6) is -0.0238. The van der Waals surface area contributed by atoms with Gasteiger partial charge in [0.2, 0.25) is 10.0 Å². The maximum atomic E-state index is 12.1. The number of hydrogen-bond donors (Lipinski definition) is 2. The zero-order valence-corrected chi connectivity index (χ0v) is 11.0. The number of likely N-dealkylation sites (N-methyl/N-ethyl adjacent to an activating group) is 1. The third-order valence-electron chi connectivity index (χ3n) is 2.29. The lowest BCUT2D eigenvalue weighted by molar-refractivity contribution is 0.171. The van der Waals surface area contributed by atoms with Crippen LogP contribution in [0, 0.1) is 0 Å². The second-order valence-electron chi connectivity index (χ2n) is 3.87. The second kappa shape index (κ2) is 5.03. The van der Waals surface area contributed by atoms with Crippen LogP contribution in [0.3, 0.4) is 0 Å². The van der Waals surface area contributed by atoms with E-state index in [0.717, 1.165) is 4.31 Å². The zero-order valence-electron chi connectivity index (χ0n) is 10.2. The maximum absolute atomic E-state index is 12.1. The van der Waals surface area contributed by atoms with Crippen LogP contribution in [0.4, 0.5) is 5.82 Å². The third-order valence-corrected chi connectivity index (χ3v) is 4.13. The normalized spacial score (nSPS) is 14.2. The van der Waals surface area contributed by atoms with E-state index in [0.29, 0.717) is 6.54 Å². The van der Waals surface area contributed by atoms with E-state index in [1.165, 1.54) is 24.9 Å². The van der Waals surface area contributed by atoms with Gasteiger partial charge in [-0.1, -0.05) is 0 Å². The summed E-state index contributed by atoms with van der Waals surface area (Å²) in [5, 5.41) is 13.1. The smallest absolute Gasteiger partial charge is 0.248 e. The van der Waals surface area contributed by atoms with Crippen molar-refractivity contribution in [3.63, 3.8) is 0 Å². The monoisotopic (exact) mass is 262 g/mol. The Morgan fingerprint density at radius 3 is 2.65 bits per heavy atom. The Kier molecular flexibility index (Phi) is 4.12. The van der Waals surface area contributed by atoms with Crippen molar-refractivity contribution in [1.29, 1.82) is 0 Å². The predicted octanol–water partition coefficient (Wildman–Crippen LogP) is -0.513. The molecule has 3 N–H and O–H groups in total. The number of nitrogens with two attached hydrogens (primary N) is 1. The van der Waals surface area contributed by atoms with Gasteiger partial charge in [-0.2, -0.15) is 9.40 Å². The largest absolute Gasteiger partial charge is 0.392 e. The van der Waals surface area contributed by atoms with Crippen molar-refractivity contribution in [2.24, 2.45) is 0 Å². The fraction of sp³-hybridized carbons (Fsp3) is 0.667. The van der Waals surface area contributed by atoms with Crippen molar-refractivity contribution in [2.75, 3.05) is 19.3 Å². The van der Waals surface area contributed by atoms with Crippen LogP contribution in [0.5, 0.6) is 0 Å². The number of hydrogen-bond acceptors (Lipinski definition) is 5. The van der Waals surface area contributed by atoms with E-state index < -0.39 is 16.1 Å². The lowest BCUT2D eigenvalue weighted by Gasteiger charge is -2.17. The average molecular weight is 262 g/mol. The zero-order chi connectivity index (χ0) is 13.2. The van der Waals surface area contributed by atoms with Crippen LogP contribution in [0.15, 0.2) is 11.1 Å². The molecule has 0 bridgehead atoms. The highest BCUT2D eigenvalue weighted by atomic mass is 32.2. The number of anilines is 1. The van der Waals surface area contributed by atoms with Gasteiger partial charge in [0.05, 0.1) is 6.10 Å². The fourth-order valence-corrected chi connectivity index (χ4v) is 2.72. The Morgan fingerprint density at radius 1 is 1.65 bits per heavy atom. The number of aliphatic hydroxyl groups excluding tert-OH is 1. The van der Waals surface area contributed by atoms with Crippen LogP contribution in [0.25, 0.3) is 0 Å². The first-order chi connectivity index (χ1) is 7.78. The van der Waals surface area contributed by atoms with Crippen molar-refractivity contribution in [3.05, 3.63) is 6.20 Å². The average Bonchev–Trinajstić information content (AvgIpc) is 2.59. The SMILES string of the molecule is CCn1cc(S(=O)(=O)N(C)CC(C)O)c(N)n1. The van der Waals surface area contributed by atoms with Crippen molar-refractivity contribution in [1.82, 2.24) is 14.1 Å². The second-order valence-corrected chi connectivity index (χ2v) is 5.88. The lowest BCUT2D eigenvalue weighted by atomic mass is 10.4. The molecule has 0 saturated heterocycles. The number of aromatic nitrogens is 2. The minimum Gasteiger partial charge on any atom is -0.392 e. The van der Waals surface area contributed by atoms with Crippen molar-refractivity contribution >= 4 is 15.8 Å². The molecule has 17 heavy (non-hydrogen) atoms. The minimum atomic E-state index is -3.69. The summed E-state index contributed by atoms with van der Waals surface area (Å²) >= 11 is 0. The number of aryl methyl sites for hydroxylation is 1. The number of nitrogens with zero attached hydrogens (tertiary/aromatic N) is 3. The fourth-order valence-electron chi connectivity index (χ4n) is 1.42. The third kappa shape index (κ3) is 2.96. The summed E-state index contributed by atoms with van der Waals surface area (Å²) in [5.41, 5.74) is 5.57. The Hall–Kier alpha value is -1.12. The van der Waals surface area contributed by atoms with E-state index in [9.17, 15) is 13.5 Å². The Balaban J connectivity index is 3.08. The molecule has 0 aliphatic heterocycles. The van der Waals surface area contributed by atoms with Gasteiger partial charge < -0.3 is 10.8 Å². The number of sulfonamides is 1. The van der Waals surface area contributed by atoms with Gasteiger partial charge in [0.25, 0.3) is 0 Å². The summed E-state index contributed by atoms with van der Waals surface area (Å²) in [6.07, 6.45) is 0.653. The molecule has 1 unspecified atom stereocenters.